The van der Waals surface area contributed by atoms with Gasteiger partial charge in [0.05, 0.1) is 6.54 Å². The molecule has 0 aliphatic heterocycles. The number of benzene rings is 1. The van der Waals surface area contributed by atoms with Gasteiger partial charge in [0.2, 0.25) is 0 Å². The van der Waals surface area contributed by atoms with E-state index in [-0.39, 0.29) is 0 Å². The minimum Gasteiger partial charge on any atom is -0.338 e. The van der Waals surface area contributed by atoms with Gasteiger partial charge >= 0.3 is 0 Å². The van der Waals surface area contributed by atoms with Gasteiger partial charge in [0.25, 0.3) is 0 Å². The highest BCUT2D eigenvalue weighted by Gasteiger charge is 2.21. The molecule has 102 valence electrons. The molecule has 0 unspecified atom stereocenters. The first-order chi connectivity index (χ1) is 9.90. The Kier molecular flexibility index (Phi) is 3.09. The van der Waals surface area contributed by atoms with Crippen LogP contribution in [0.2, 0.25) is 0 Å². The van der Waals surface area contributed by atoms with Gasteiger partial charge in [-0.05, 0) is 41.8 Å². The molecule has 2 heterocycles. The molecule has 4 rings (SSSR count). The number of thiophene rings is 1. The number of hydrogen-bond donors (Lipinski definition) is 1. The van der Waals surface area contributed by atoms with Gasteiger partial charge < -0.3 is 9.88 Å². The lowest BCUT2D eigenvalue weighted by Crippen LogP contribution is -2.18. The Bertz CT molecular complexity index is 708. The first kappa shape index (κ1) is 12.2. The molecule has 0 radical (unpaired) electrons. The monoisotopic (exact) mass is 282 g/mol. The zero-order chi connectivity index (χ0) is 13.4. The zero-order valence-corrected chi connectivity index (χ0v) is 12.2. The van der Waals surface area contributed by atoms with Crippen LogP contribution in [0.4, 0.5) is 0 Å². The van der Waals surface area contributed by atoms with Gasteiger partial charge in [-0.15, -0.1) is 11.3 Å². The fourth-order valence-electron chi connectivity index (χ4n) is 2.70. The standard InChI is InChI=1S/C17H18N2S/c1-2-6-17-13(4-1)10-15(11-18-14-7-8-14)19(17)12-16-5-3-9-20-16/h1-6,9-10,14,18H,7-8,11-12H2. The van der Waals surface area contributed by atoms with E-state index in [1.165, 1.54) is 34.3 Å². The summed E-state index contributed by atoms with van der Waals surface area (Å²) in [6.07, 6.45) is 2.68. The molecule has 1 aromatic carbocycles. The molecule has 0 atom stereocenters. The Morgan fingerprint density at radius 1 is 1.15 bits per heavy atom. The summed E-state index contributed by atoms with van der Waals surface area (Å²) < 4.78 is 2.45. The molecule has 1 aliphatic carbocycles. The Morgan fingerprint density at radius 2 is 2.05 bits per heavy atom. The van der Waals surface area contributed by atoms with Gasteiger partial charge in [0.1, 0.15) is 0 Å². The zero-order valence-electron chi connectivity index (χ0n) is 11.4. The van der Waals surface area contributed by atoms with E-state index in [2.05, 4.69) is 57.7 Å². The Balaban J connectivity index is 1.71. The van der Waals surface area contributed by atoms with E-state index >= 15 is 0 Å². The van der Waals surface area contributed by atoms with E-state index in [9.17, 15) is 0 Å². The van der Waals surface area contributed by atoms with Gasteiger partial charge in [0.15, 0.2) is 0 Å². The first-order valence-corrected chi connectivity index (χ1v) is 8.11. The van der Waals surface area contributed by atoms with Crippen LogP contribution in [0.15, 0.2) is 47.8 Å². The van der Waals surface area contributed by atoms with Crippen LogP contribution in [0.5, 0.6) is 0 Å². The van der Waals surface area contributed by atoms with Crippen molar-refractivity contribution in [3.63, 3.8) is 0 Å². The van der Waals surface area contributed by atoms with E-state index in [0.717, 1.165) is 19.1 Å². The van der Waals surface area contributed by atoms with Crippen LogP contribution >= 0.6 is 11.3 Å². The van der Waals surface area contributed by atoms with Gasteiger partial charge in [-0.25, -0.2) is 0 Å². The molecule has 1 N–H and O–H groups in total. The minimum absolute atomic E-state index is 0.753. The highest BCUT2D eigenvalue weighted by molar-refractivity contribution is 7.09. The lowest BCUT2D eigenvalue weighted by Gasteiger charge is -2.10. The Morgan fingerprint density at radius 3 is 2.85 bits per heavy atom. The maximum atomic E-state index is 3.64. The third-order valence-corrected chi connectivity index (χ3v) is 4.80. The van der Waals surface area contributed by atoms with Gasteiger partial charge in [-0.2, -0.15) is 0 Å². The summed E-state index contributed by atoms with van der Waals surface area (Å²) in [5, 5.41) is 7.14. The number of hydrogen-bond acceptors (Lipinski definition) is 2. The summed E-state index contributed by atoms with van der Waals surface area (Å²) in [6.45, 7) is 1.96. The fraction of sp³-hybridized carbons (Fsp3) is 0.294. The molecular formula is C17H18N2S. The second-order valence-corrected chi connectivity index (χ2v) is 6.55. The van der Waals surface area contributed by atoms with E-state index in [1.807, 2.05) is 11.3 Å². The molecule has 20 heavy (non-hydrogen) atoms. The van der Waals surface area contributed by atoms with Gasteiger partial charge in [0, 0.05) is 28.7 Å². The lowest BCUT2D eigenvalue weighted by atomic mass is 10.2. The third kappa shape index (κ3) is 2.39. The Hall–Kier alpha value is -1.58. The van der Waals surface area contributed by atoms with Gasteiger partial charge in [-0.1, -0.05) is 24.3 Å². The van der Waals surface area contributed by atoms with Crippen LogP contribution in [0.1, 0.15) is 23.4 Å². The molecule has 1 fully saturated rings. The second kappa shape index (κ2) is 5.08. The minimum atomic E-state index is 0.753. The highest BCUT2D eigenvalue weighted by Crippen LogP contribution is 2.24. The molecular weight excluding hydrogens is 264 g/mol. The number of nitrogens with zero attached hydrogens (tertiary/aromatic N) is 1. The SMILES string of the molecule is c1csc(Cn2c(CNC3CC3)cc3ccccc32)c1. The van der Waals surface area contributed by atoms with E-state index in [0.29, 0.717) is 0 Å². The molecule has 0 bridgehead atoms. The number of rotatable bonds is 5. The Labute approximate surface area is 123 Å². The second-order valence-electron chi connectivity index (χ2n) is 5.52. The number of para-hydroxylation sites is 1. The van der Waals surface area contributed by atoms with Gasteiger partial charge in [-0.3, -0.25) is 0 Å². The first-order valence-electron chi connectivity index (χ1n) is 7.23. The quantitative estimate of drug-likeness (QED) is 0.748. The molecule has 2 aromatic heterocycles. The molecule has 1 aliphatic rings. The molecule has 1 saturated carbocycles. The van der Waals surface area contributed by atoms with Crippen LogP contribution in [0, 0.1) is 0 Å². The van der Waals surface area contributed by atoms with Crippen molar-refractivity contribution in [2.75, 3.05) is 0 Å². The number of aromatic nitrogens is 1. The molecule has 2 nitrogen and oxygen atoms in total. The molecule has 0 amide bonds. The summed E-state index contributed by atoms with van der Waals surface area (Å²) in [7, 11) is 0. The fourth-order valence-corrected chi connectivity index (χ4v) is 3.39. The van der Waals surface area contributed by atoms with Crippen molar-refractivity contribution in [2.45, 2.75) is 32.0 Å². The van der Waals surface area contributed by atoms with E-state index in [4.69, 9.17) is 0 Å². The summed E-state index contributed by atoms with van der Waals surface area (Å²) in [5.74, 6) is 0. The van der Waals surface area contributed by atoms with Crippen LogP contribution in [-0.4, -0.2) is 10.6 Å². The van der Waals surface area contributed by atoms with Crippen LogP contribution in [-0.2, 0) is 13.1 Å². The van der Waals surface area contributed by atoms with Crippen molar-refractivity contribution >= 4 is 22.2 Å². The van der Waals surface area contributed by atoms with E-state index in [1.54, 1.807) is 0 Å². The summed E-state index contributed by atoms with van der Waals surface area (Å²) in [6, 6.07) is 16.1. The molecule has 3 aromatic rings. The van der Waals surface area contributed by atoms with E-state index < -0.39 is 0 Å². The molecule has 0 saturated heterocycles. The predicted octanol–water partition coefficient (Wildman–Crippen LogP) is 4.00. The average molecular weight is 282 g/mol. The molecule has 3 heteroatoms. The van der Waals surface area contributed by atoms with Crippen LogP contribution < -0.4 is 5.32 Å². The maximum absolute atomic E-state index is 3.64. The maximum Gasteiger partial charge on any atom is 0.0572 e. The third-order valence-electron chi connectivity index (χ3n) is 3.94. The lowest BCUT2D eigenvalue weighted by molar-refractivity contribution is 0.643. The number of nitrogens with one attached hydrogen (secondary N) is 1. The van der Waals surface area contributed by atoms with Crippen molar-refractivity contribution in [1.82, 2.24) is 9.88 Å². The normalized spacial score (nSPS) is 15.0. The largest absolute Gasteiger partial charge is 0.338 e. The van der Waals surface area contributed by atoms with Crippen molar-refractivity contribution in [3.8, 4) is 0 Å². The summed E-state index contributed by atoms with van der Waals surface area (Å²) in [5.41, 5.74) is 2.74. The topological polar surface area (TPSA) is 17.0 Å². The van der Waals surface area contributed by atoms with Crippen molar-refractivity contribution in [1.29, 1.82) is 0 Å². The van der Waals surface area contributed by atoms with Crippen molar-refractivity contribution < 1.29 is 0 Å². The predicted molar refractivity (Wildman–Crippen MR) is 85.2 cm³/mol. The number of fused-ring (bicyclic) bond motifs is 1. The van der Waals surface area contributed by atoms with Crippen LogP contribution in [0.25, 0.3) is 10.9 Å². The summed E-state index contributed by atoms with van der Waals surface area (Å²) in [4.78, 5) is 1.42. The van der Waals surface area contributed by atoms with Crippen LogP contribution in [0.3, 0.4) is 0 Å². The smallest absolute Gasteiger partial charge is 0.0572 e. The highest BCUT2D eigenvalue weighted by atomic mass is 32.1. The van der Waals surface area contributed by atoms with Crippen molar-refractivity contribution in [2.24, 2.45) is 0 Å². The summed E-state index contributed by atoms with van der Waals surface area (Å²) >= 11 is 1.83. The molecule has 0 spiro atoms. The average Bonchev–Trinajstić information content (AvgIpc) is 3.04. The van der Waals surface area contributed by atoms with Crippen molar-refractivity contribution in [3.05, 3.63) is 58.4 Å².